The van der Waals surface area contributed by atoms with Gasteiger partial charge in [-0.1, -0.05) is 13.8 Å². The first-order valence-corrected chi connectivity index (χ1v) is 5.85. The quantitative estimate of drug-likeness (QED) is 0.319. The number of aromatic nitrogens is 2. The fourth-order valence-electron chi connectivity index (χ4n) is 1.57. The first kappa shape index (κ1) is 15.1. The van der Waals surface area contributed by atoms with Gasteiger partial charge < -0.3 is 10.4 Å². The number of nitrogen functional groups attached to an aromatic ring is 1. The highest BCUT2D eigenvalue weighted by atomic mass is 16.6. The average molecular weight is 270 g/mol. The highest BCUT2D eigenvalue weighted by Crippen LogP contribution is 2.24. The average Bonchev–Trinajstić information content (AvgIpc) is 2.37. The zero-order chi connectivity index (χ0) is 14.4. The Labute approximate surface area is 110 Å². The van der Waals surface area contributed by atoms with Gasteiger partial charge >= 0.3 is 5.69 Å². The van der Waals surface area contributed by atoms with E-state index >= 15 is 0 Å². The fraction of sp³-hybridized carbons (Fsp3) is 0.600. The predicted molar refractivity (Wildman–Crippen MR) is 70.4 cm³/mol. The van der Waals surface area contributed by atoms with Gasteiger partial charge in [0.1, 0.15) is 6.20 Å². The second-order valence-electron chi connectivity index (χ2n) is 4.34. The van der Waals surface area contributed by atoms with E-state index in [4.69, 9.17) is 10.9 Å². The minimum atomic E-state index is -0.570. The van der Waals surface area contributed by atoms with Crippen molar-refractivity contribution >= 4 is 17.5 Å². The Morgan fingerprint density at radius 3 is 2.74 bits per heavy atom. The molecule has 0 aliphatic carbocycles. The van der Waals surface area contributed by atoms with E-state index in [1.165, 1.54) is 0 Å². The molecule has 0 aromatic carbocycles. The largest absolute Gasteiger partial charge is 0.396 e. The van der Waals surface area contributed by atoms with Crippen LogP contribution in [0.15, 0.2) is 6.20 Å². The topological polar surface area (TPSA) is 139 Å². The lowest BCUT2D eigenvalue weighted by molar-refractivity contribution is -0.384. The molecular weight excluding hydrogens is 252 g/mol. The third kappa shape index (κ3) is 4.00. The molecule has 9 nitrogen and oxygen atoms in total. The lowest BCUT2D eigenvalue weighted by atomic mass is 10.0. The summed E-state index contributed by atoms with van der Waals surface area (Å²) >= 11 is 0. The van der Waals surface area contributed by atoms with Crippen LogP contribution in [0.3, 0.4) is 0 Å². The molecule has 0 aliphatic heterocycles. The fourth-order valence-corrected chi connectivity index (χ4v) is 1.57. The normalized spacial score (nSPS) is 12.3. The van der Waals surface area contributed by atoms with E-state index in [1.54, 1.807) is 0 Å². The molecule has 0 saturated carbocycles. The van der Waals surface area contributed by atoms with Crippen LogP contribution in [0, 0.1) is 16.0 Å². The van der Waals surface area contributed by atoms with Gasteiger partial charge in [0.15, 0.2) is 0 Å². The first-order valence-electron chi connectivity index (χ1n) is 5.85. The molecule has 0 aliphatic rings. The highest BCUT2D eigenvalue weighted by Gasteiger charge is 2.21. The summed E-state index contributed by atoms with van der Waals surface area (Å²) in [6.07, 6.45) is 1.55. The van der Waals surface area contributed by atoms with E-state index in [0.717, 1.165) is 6.20 Å². The number of hydrazine groups is 1. The molecule has 0 saturated heterocycles. The molecule has 1 aromatic rings. The zero-order valence-electron chi connectivity index (χ0n) is 10.8. The monoisotopic (exact) mass is 270 g/mol. The van der Waals surface area contributed by atoms with E-state index < -0.39 is 4.92 Å². The Kier molecular flexibility index (Phi) is 5.39. The maximum absolute atomic E-state index is 10.9. The zero-order valence-corrected chi connectivity index (χ0v) is 10.8. The van der Waals surface area contributed by atoms with Crippen LogP contribution >= 0.6 is 0 Å². The molecule has 0 spiro atoms. The second-order valence-corrected chi connectivity index (χ2v) is 4.34. The van der Waals surface area contributed by atoms with Gasteiger partial charge in [-0.2, -0.15) is 4.98 Å². The predicted octanol–water partition coefficient (Wildman–Crippen LogP) is 0.489. The van der Waals surface area contributed by atoms with Gasteiger partial charge in [0.2, 0.25) is 11.8 Å². The van der Waals surface area contributed by atoms with Crippen LogP contribution in [0.5, 0.6) is 0 Å². The summed E-state index contributed by atoms with van der Waals surface area (Å²) in [6.45, 7) is 3.88. The summed E-state index contributed by atoms with van der Waals surface area (Å²) in [6, 6.07) is -0.135. The molecule has 0 amide bonds. The lowest BCUT2D eigenvalue weighted by Crippen LogP contribution is -2.28. The lowest BCUT2D eigenvalue weighted by Gasteiger charge is -2.21. The van der Waals surface area contributed by atoms with Crippen molar-refractivity contribution in [2.45, 2.75) is 26.3 Å². The van der Waals surface area contributed by atoms with Crippen LogP contribution in [0.2, 0.25) is 0 Å². The molecule has 0 fully saturated rings. The van der Waals surface area contributed by atoms with Crippen molar-refractivity contribution in [3.05, 3.63) is 16.3 Å². The molecule has 106 valence electrons. The van der Waals surface area contributed by atoms with Crippen LogP contribution in [0.4, 0.5) is 17.5 Å². The number of nitrogens with zero attached hydrogens (tertiary/aromatic N) is 3. The Bertz CT molecular complexity index is 439. The minimum absolute atomic E-state index is 0.0171. The van der Waals surface area contributed by atoms with Crippen molar-refractivity contribution in [1.29, 1.82) is 0 Å². The van der Waals surface area contributed by atoms with Crippen molar-refractivity contribution in [2.24, 2.45) is 11.8 Å². The first-order chi connectivity index (χ1) is 8.99. The number of aliphatic hydroxyl groups is 1. The molecule has 1 rings (SSSR count). The highest BCUT2D eigenvalue weighted by molar-refractivity contribution is 5.57. The summed E-state index contributed by atoms with van der Waals surface area (Å²) in [5.41, 5.74) is 2.00. The second kappa shape index (κ2) is 6.81. The Balaban J connectivity index is 3.04. The number of nitro groups is 1. The molecule has 1 heterocycles. The molecule has 0 radical (unpaired) electrons. The summed E-state index contributed by atoms with van der Waals surface area (Å²) in [5.74, 6) is 5.52. The van der Waals surface area contributed by atoms with E-state index in [0.29, 0.717) is 6.42 Å². The Hall–Kier alpha value is -2.00. The van der Waals surface area contributed by atoms with E-state index in [1.807, 2.05) is 13.8 Å². The standard InChI is InChI=1S/C10H18N6O3/c1-6(2)7(3-4-17)13-9-8(16(18)19)5-12-10(14-9)15-11/h5-7,17H,3-4,11H2,1-2H3,(H2,12,13,14,15). The van der Waals surface area contributed by atoms with Crippen molar-refractivity contribution in [3.8, 4) is 0 Å². The van der Waals surface area contributed by atoms with Crippen molar-refractivity contribution in [2.75, 3.05) is 17.3 Å². The Morgan fingerprint density at radius 2 is 2.26 bits per heavy atom. The van der Waals surface area contributed by atoms with Gasteiger partial charge in [-0.3, -0.25) is 15.5 Å². The molecule has 1 aromatic heterocycles. The van der Waals surface area contributed by atoms with Crippen molar-refractivity contribution in [1.82, 2.24) is 9.97 Å². The van der Waals surface area contributed by atoms with Gasteiger partial charge in [0.25, 0.3) is 0 Å². The molecule has 1 atom stereocenters. The van der Waals surface area contributed by atoms with Gasteiger partial charge in [-0.25, -0.2) is 10.8 Å². The molecule has 5 N–H and O–H groups in total. The minimum Gasteiger partial charge on any atom is -0.396 e. The van der Waals surface area contributed by atoms with Crippen molar-refractivity contribution < 1.29 is 10.0 Å². The third-order valence-electron chi connectivity index (χ3n) is 2.66. The van der Waals surface area contributed by atoms with E-state index in [9.17, 15) is 10.1 Å². The summed E-state index contributed by atoms with van der Waals surface area (Å²) in [7, 11) is 0. The number of nitrogens with two attached hydrogens (primary N) is 1. The number of hydrogen-bond donors (Lipinski definition) is 4. The van der Waals surface area contributed by atoms with Crippen LogP contribution in [-0.4, -0.2) is 32.6 Å². The molecule has 9 heteroatoms. The van der Waals surface area contributed by atoms with Gasteiger partial charge in [-0.15, -0.1) is 0 Å². The third-order valence-corrected chi connectivity index (χ3v) is 2.66. The molecule has 19 heavy (non-hydrogen) atoms. The van der Waals surface area contributed by atoms with E-state index in [-0.39, 0.29) is 36.0 Å². The number of aliphatic hydroxyl groups excluding tert-OH is 1. The number of anilines is 2. The van der Waals surface area contributed by atoms with E-state index in [2.05, 4.69) is 20.7 Å². The van der Waals surface area contributed by atoms with Gasteiger partial charge in [0, 0.05) is 12.6 Å². The number of hydrogen-bond acceptors (Lipinski definition) is 8. The number of nitrogens with one attached hydrogen (secondary N) is 2. The number of rotatable bonds is 7. The smallest absolute Gasteiger partial charge is 0.329 e. The van der Waals surface area contributed by atoms with Crippen LogP contribution in [-0.2, 0) is 0 Å². The SMILES string of the molecule is CC(C)C(CCO)Nc1nc(NN)ncc1[N+](=O)[O-]. The Morgan fingerprint density at radius 1 is 1.58 bits per heavy atom. The molecule has 0 bridgehead atoms. The maximum Gasteiger partial charge on any atom is 0.329 e. The maximum atomic E-state index is 10.9. The summed E-state index contributed by atoms with van der Waals surface area (Å²) in [5, 5.41) is 22.9. The van der Waals surface area contributed by atoms with Crippen LogP contribution in [0.25, 0.3) is 0 Å². The van der Waals surface area contributed by atoms with Gasteiger partial charge in [-0.05, 0) is 12.3 Å². The molecular formula is C10H18N6O3. The summed E-state index contributed by atoms with van der Waals surface area (Å²) in [4.78, 5) is 18.0. The van der Waals surface area contributed by atoms with Crippen molar-refractivity contribution in [3.63, 3.8) is 0 Å². The summed E-state index contributed by atoms with van der Waals surface area (Å²) < 4.78 is 0. The van der Waals surface area contributed by atoms with Crippen LogP contribution in [0.1, 0.15) is 20.3 Å². The van der Waals surface area contributed by atoms with Gasteiger partial charge in [0.05, 0.1) is 4.92 Å². The molecule has 1 unspecified atom stereocenters. The van der Waals surface area contributed by atoms with Crippen LogP contribution < -0.4 is 16.6 Å².